The summed E-state index contributed by atoms with van der Waals surface area (Å²) in [6.07, 6.45) is 0.205. The first kappa shape index (κ1) is 23.5. The lowest BCUT2D eigenvalue weighted by Crippen LogP contribution is -2.72. The SMILES string of the molecule is COc1ccc(COC(=O)C2=C3[C@@H](C)[C@H](C)[C@@H]3S[C@@H]3[C@H](NC(=O)Cc4ccccc4)C(=O)N23)cc1. The molecule has 5 rings (SSSR count). The van der Waals surface area contributed by atoms with Crippen LogP contribution in [0.4, 0.5) is 0 Å². The molecule has 0 aromatic heterocycles. The lowest BCUT2D eigenvalue weighted by atomic mass is 9.69. The van der Waals surface area contributed by atoms with Crippen molar-refractivity contribution in [3.8, 4) is 5.75 Å². The van der Waals surface area contributed by atoms with Crippen molar-refractivity contribution < 1.29 is 23.9 Å². The Balaban J connectivity index is 1.30. The van der Waals surface area contributed by atoms with E-state index in [1.54, 1.807) is 18.9 Å². The van der Waals surface area contributed by atoms with Crippen molar-refractivity contribution in [3.63, 3.8) is 0 Å². The van der Waals surface area contributed by atoms with E-state index in [9.17, 15) is 14.4 Å². The van der Waals surface area contributed by atoms with E-state index < -0.39 is 12.0 Å². The summed E-state index contributed by atoms with van der Waals surface area (Å²) >= 11 is 1.65. The second-order valence-electron chi connectivity index (χ2n) is 9.24. The summed E-state index contributed by atoms with van der Waals surface area (Å²) in [5.74, 6) is 0.326. The van der Waals surface area contributed by atoms with Gasteiger partial charge in [0, 0.05) is 5.25 Å². The van der Waals surface area contributed by atoms with Crippen LogP contribution >= 0.6 is 11.8 Å². The molecule has 0 radical (unpaired) electrons. The molecule has 5 atom stereocenters. The van der Waals surface area contributed by atoms with E-state index in [-0.39, 0.29) is 41.4 Å². The van der Waals surface area contributed by atoms with E-state index in [0.717, 1.165) is 22.4 Å². The molecule has 2 aliphatic heterocycles. The molecule has 0 unspecified atom stereocenters. The number of esters is 1. The molecule has 1 aliphatic carbocycles. The van der Waals surface area contributed by atoms with E-state index >= 15 is 0 Å². The largest absolute Gasteiger partial charge is 0.497 e. The van der Waals surface area contributed by atoms with Crippen LogP contribution in [0.1, 0.15) is 25.0 Å². The van der Waals surface area contributed by atoms with Gasteiger partial charge < -0.3 is 14.8 Å². The Morgan fingerprint density at radius 1 is 1.03 bits per heavy atom. The summed E-state index contributed by atoms with van der Waals surface area (Å²) in [6.45, 7) is 4.34. The topological polar surface area (TPSA) is 84.9 Å². The Hall–Kier alpha value is -3.26. The van der Waals surface area contributed by atoms with E-state index in [4.69, 9.17) is 9.47 Å². The van der Waals surface area contributed by atoms with Crippen molar-refractivity contribution in [1.82, 2.24) is 10.2 Å². The monoisotopic (exact) mass is 492 g/mol. The number of nitrogens with one attached hydrogen (secondary N) is 1. The zero-order valence-corrected chi connectivity index (χ0v) is 20.7. The molecule has 3 aliphatic rings. The van der Waals surface area contributed by atoms with Gasteiger partial charge in [0.2, 0.25) is 5.91 Å². The Morgan fingerprint density at radius 2 is 1.74 bits per heavy atom. The molecule has 2 aromatic carbocycles. The first-order valence-corrected chi connectivity index (χ1v) is 12.7. The predicted octanol–water partition coefficient (Wildman–Crippen LogP) is 3.29. The first-order valence-electron chi connectivity index (χ1n) is 11.7. The molecule has 1 saturated heterocycles. The molecule has 1 N–H and O–H groups in total. The van der Waals surface area contributed by atoms with Crippen LogP contribution in [0.25, 0.3) is 0 Å². The second-order valence-corrected chi connectivity index (χ2v) is 10.5. The number of carbonyl (C=O) groups is 3. The summed E-state index contributed by atoms with van der Waals surface area (Å²) in [6, 6.07) is 16.1. The highest BCUT2D eigenvalue weighted by atomic mass is 32.2. The maximum Gasteiger partial charge on any atom is 0.355 e. The molecule has 0 bridgehead atoms. The fraction of sp³-hybridized carbons (Fsp3) is 0.370. The molecule has 0 spiro atoms. The maximum absolute atomic E-state index is 13.2. The van der Waals surface area contributed by atoms with Gasteiger partial charge in [0.25, 0.3) is 5.91 Å². The molecule has 1 saturated carbocycles. The first-order chi connectivity index (χ1) is 16.9. The molecule has 35 heavy (non-hydrogen) atoms. The third-order valence-electron chi connectivity index (χ3n) is 7.15. The number of amides is 2. The Labute approximate surface area is 208 Å². The van der Waals surface area contributed by atoms with Gasteiger partial charge in [-0.1, -0.05) is 56.3 Å². The van der Waals surface area contributed by atoms with Crippen molar-refractivity contribution in [3.05, 3.63) is 77.0 Å². The van der Waals surface area contributed by atoms with E-state index in [2.05, 4.69) is 19.2 Å². The Bertz CT molecular complexity index is 1180. The lowest BCUT2D eigenvalue weighted by Gasteiger charge is -2.58. The average Bonchev–Trinajstić information content (AvgIpc) is 2.89. The van der Waals surface area contributed by atoms with Crippen LogP contribution in [0.2, 0.25) is 0 Å². The minimum Gasteiger partial charge on any atom is -0.497 e. The average molecular weight is 493 g/mol. The summed E-state index contributed by atoms with van der Waals surface area (Å²) in [5.41, 5.74) is 3.05. The van der Waals surface area contributed by atoms with Gasteiger partial charge in [-0.05, 0) is 40.7 Å². The number of fused-ring (bicyclic) bond motifs is 2. The molecular weight excluding hydrogens is 464 g/mol. The zero-order chi connectivity index (χ0) is 24.7. The number of rotatable bonds is 7. The number of ether oxygens (including phenoxy) is 2. The number of thioether (sulfide) groups is 1. The van der Waals surface area contributed by atoms with Gasteiger partial charge in [0.05, 0.1) is 13.5 Å². The smallest absolute Gasteiger partial charge is 0.355 e. The van der Waals surface area contributed by atoms with Crippen molar-refractivity contribution in [2.75, 3.05) is 7.11 Å². The predicted molar refractivity (Wildman–Crippen MR) is 132 cm³/mol. The normalized spacial score (nSPS) is 26.7. The molecular formula is C27H28N2O5S. The van der Waals surface area contributed by atoms with Gasteiger partial charge in [-0.25, -0.2) is 4.79 Å². The highest BCUT2D eigenvalue weighted by Crippen LogP contribution is 2.57. The minimum atomic E-state index is -0.648. The van der Waals surface area contributed by atoms with Crippen molar-refractivity contribution in [1.29, 1.82) is 0 Å². The second kappa shape index (κ2) is 9.41. The molecule has 182 valence electrons. The van der Waals surface area contributed by atoms with Gasteiger partial charge in [-0.15, -0.1) is 11.8 Å². The van der Waals surface area contributed by atoms with E-state index in [0.29, 0.717) is 11.6 Å². The number of methoxy groups -OCH3 is 1. The van der Waals surface area contributed by atoms with Crippen LogP contribution in [0.5, 0.6) is 5.75 Å². The summed E-state index contributed by atoms with van der Waals surface area (Å²) < 4.78 is 10.8. The number of β-lactam (4-membered cyclic amide) rings is 1. The summed E-state index contributed by atoms with van der Waals surface area (Å²) in [4.78, 5) is 40.6. The number of nitrogens with zero attached hydrogens (tertiary/aromatic N) is 1. The number of benzene rings is 2. The number of carbonyl (C=O) groups excluding carboxylic acids is 3. The fourth-order valence-corrected chi connectivity index (χ4v) is 6.87. The van der Waals surface area contributed by atoms with Crippen LogP contribution in [0.3, 0.4) is 0 Å². The Morgan fingerprint density at radius 3 is 2.43 bits per heavy atom. The quantitative estimate of drug-likeness (QED) is 0.472. The molecule has 2 aromatic rings. The fourth-order valence-electron chi connectivity index (χ4n) is 4.94. The summed E-state index contributed by atoms with van der Waals surface area (Å²) in [5, 5.41) is 2.71. The van der Waals surface area contributed by atoms with Gasteiger partial charge in [0.1, 0.15) is 29.5 Å². The molecule has 2 heterocycles. The van der Waals surface area contributed by atoms with E-state index in [1.807, 2.05) is 54.6 Å². The molecule has 7 nitrogen and oxygen atoms in total. The summed E-state index contributed by atoms with van der Waals surface area (Å²) in [7, 11) is 1.60. The highest BCUT2D eigenvalue weighted by Gasteiger charge is 2.60. The van der Waals surface area contributed by atoms with Crippen LogP contribution in [-0.4, -0.2) is 46.5 Å². The van der Waals surface area contributed by atoms with Crippen molar-refractivity contribution in [2.45, 2.75) is 43.5 Å². The van der Waals surface area contributed by atoms with Crippen LogP contribution in [-0.2, 0) is 32.1 Å². The zero-order valence-electron chi connectivity index (χ0n) is 19.9. The van der Waals surface area contributed by atoms with Gasteiger partial charge >= 0.3 is 5.97 Å². The molecule has 8 heteroatoms. The third kappa shape index (κ3) is 4.20. The van der Waals surface area contributed by atoms with Crippen LogP contribution in [0, 0.1) is 11.8 Å². The van der Waals surface area contributed by atoms with Crippen molar-refractivity contribution >= 4 is 29.5 Å². The standard InChI is InChI=1S/C27H28N2O5S/c1-15-16(2)24-21(15)23(27(32)34-14-18-9-11-19(33-3)12-10-18)29-25(31)22(26(29)35-24)28-20(30)13-17-7-5-4-6-8-17/h4-12,15-16,22,24,26H,13-14H2,1-3H3,(H,28,30)/t15-,16-,22+,24-,26+/m0/s1. The van der Waals surface area contributed by atoms with Gasteiger partial charge in [-0.2, -0.15) is 0 Å². The molecule has 2 fully saturated rings. The number of hydrogen-bond donors (Lipinski definition) is 1. The minimum absolute atomic E-state index is 0.102. The van der Waals surface area contributed by atoms with Crippen LogP contribution < -0.4 is 10.1 Å². The highest BCUT2D eigenvalue weighted by molar-refractivity contribution is 8.01. The van der Waals surface area contributed by atoms with Gasteiger partial charge in [0.15, 0.2) is 0 Å². The maximum atomic E-state index is 13.2. The lowest BCUT2D eigenvalue weighted by molar-refractivity contribution is -0.154. The number of hydrogen-bond acceptors (Lipinski definition) is 6. The molecule has 2 amide bonds. The van der Waals surface area contributed by atoms with Gasteiger partial charge in [-0.3, -0.25) is 14.5 Å². The van der Waals surface area contributed by atoms with E-state index in [1.165, 1.54) is 4.90 Å². The van der Waals surface area contributed by atoms with Crippen LogP contribution in [0.15, 0.2) is 65.9 Å². The third-order valence-corrected chi connectivity index (χ3v) is 8.89. The van der Waals surface area contributed by atoms with Crippen molar-refractivity contribution in [2.24, 2.45) is 11.8 Å². The Kier molecular flexibility index (Phi) is 6.32.